The molecule has 0 amide bonds. The molecule has 110 valence electrons. The lowest BCUT2D eigenvalue weighted by Gasteiger charge is -2.08. The molecule has 6 heteroatoms. The lowest BCUT2D eigenvalue weighted by atomic mass is 10.4. The molecule has 0 saturated carbocycles. The van der Waals surface area contributed by atoms with Crippen molar-refractivity contribution in [1.82, 2.24) is 14.5 Å². The summed E-state index contributed by atoms with van der Waals surface area (Å²) in [7, 11) is 0. The largest absolute Gasteiger partial charge is 0.382 e. The quantitative estimate of drug-likeness (QED) is 0.761. The second kappa shape index (κ2) is 7.40. The van der Waals surface area contributed by atoms with E-state index >= 15 is 0 Å². The Bertz CT molecular complexity index is 535. The van der Waals surface area contributed by atoms with Crippen molar-refractivity contribution in [3.8, 4) is 0 Å². The van der Waals surface area contributed by atoms with Gasteiger partial charge in [0, 0.05) is 37.0 Å². The molecule has 2 aromatic rings. The van der Waals surface area contributed by atoms with Crippen LogP contribution >= 0.6 is 11.3 Å². The van der Waals surface area contributed by atoms with Crippen molar-refractivity contribution >= 4 is 17.3 Å². The average molecular weight is 294 g/mol. The number of imidazole rings is 1. The number of hydrogen-bond donors (Lipinski definition) is 1. The monoisotopic (exact) mass is 294 g/mol. The van der Waals surface area contributed by atoms with Gasteiger partial charge in [-0.25, -0.2) is 9.97 Å². The lowest BCUT2D eigenvalue weighted by molar-refractivity contribution is 0.147. The van der Waals surface area contributed by atoms with Crippen LogP contribution in [0.25, 0.3) is 0 Å². The Hall–Kier alpha value is -1.40. The van der Waals surface area contributed by atoms with Crippen molar-refractivity contribution in [3.05, 3.63) is 28.0 Å². The van der Waals surface area contributed by atoms with Gasteiger partial charge in [0.1, 0.15) is 0 Å². The van der Waals surface area contributed by atoms with Crippen molar-refractivity contribution in [3.63, 3.8) is 0 Å². The normalized spacial score (nSPS) is 10.9. The summed E-state index contributed by atoms with van der Waals surface area (Å²) < 4.78 is 7.47. The second-order valence-corrected chi connectivity index (χ2v) is 5.98. The summed E-state index contributed by atoms with van der Waals surface area (Å²) in [6.07, 6.45) is 4.99. The van der Waals surface area contributed by atoms with Crippen LogP contribution < -0.4 is 5.32 Å². The lowest BCUT2D eigenvalue weighted by Crippen LogP contribution is -2.10. The Morgan fingerprint density at radius 1 is 1.40 bits per heavy atom. The van der Waals surface area contributed by atoms with Crippen molar-refractivity contribution < 1.29 is 4.74 Å². The Kier molecular flexibility index (Phi) is 5.55. The predicted molar refractivity (Wildman–Crippen MR) is 82.5 cm³/mol. The highest BCUT2D eigenvalue weighted by Gasteiger charge is 2.07. The van der Waals surface area contributed by atoms with Crippen LogP contribution in [-0.4, -0.2) is 34.3 Å². The third kappa shape index (κ3) is 4.31. The molecule has 0 atom stereocenters. The molecular formula is C14H22N4OS. The standard InChI is InChI=1S/C14H22N4OS/c1-4-19-7-5-6-15-14-17-11(2)9-18(14)10-13-8-16-12(3)20-13/h8-9H,4-7,10H2,1-3H3,(H,15,17). The smallest absolute Gasteiger partial charge is 0.203 e. The van der Waals surface area contributed by atoms with E-state index in [1.54, 1.807) is 11.3 Å². The maximum absolute atomic E-state index is 5.33. The highest BCUT2D eigenvalue weighted by molar-refractivity contribution is 7.11. The number of thiazole rings is 1. The number of aromatic nitrogens is 3. The van der Waals surface area contributed by atoms with E-state index in [2.05, 4.69) is 26.0 Å². The Morgan fingerprint density at radius 3 is 2.95 bits per heavy atom. The first kappa shape index (κ1) is 15.0. The molecule has 0 spiro atoms. The Morgan fingerprint density at radius 2 is 2.25 bits per heavy atom. The molecule has 2 heterocycles. The first-order valence-corrected chi connectivity index (χ1v) is 7.77. The number of anilines is 1. The van der Waals surface area contributed by atoms with Crippen LogP contribution in [0, 0.1) is 13.8 Å². The first-order valence-electron chi connectivity index (χ1n) is 6.95. The van der Waals surface area contributed by atoms with E-state index in [4.69, 9.17) is 4.74 Å². The van der Waals surface area contributed by atoms with Crippen molar-refractivity contribution in [1.29, 1.82) is 0 Å². The molecule has 20 heavy (non-hydrogen) atoms. The predicted octanol–water partition coefficient (Wildman–Crippen LogP) is 2.84. The van der Waals surface area contributed by atoms with Gasteiger partial charge in [-0.15, -0.1) is 11.3 Å². The van der Waals surface area contributed by atoms with Gasteiger partial charge in [0.15, 0.2) is 0 Å². The molecule has 0 saturated heterocycles. The van der Waals surface area contributed by atoms with E-state index < -0.39 is 0 Å². The minimum absolute atomic E-state index is 0.776. The minimum Gasteiger partial charge on any atom is -0.382 e. The summed E-state index contributed by atoms with van der Waals surface area (Å²) in [6.45, 7) is 9.31. The zero-order valence-corrected chi connectivity index (χ0v) is 13.2. The fourth-order valence-electron chi connectivity index (χ4n) is 1.97. The molecule has 5 nitrogen and oxygen atoms in total. The molecule has 0 aliphatic heterocycles. The highest BCUT2D eigenvalue weighted by atomic mass is 32.1. The molecule has 2 rings (SSSR count). The topological polar surface area (TPSA) is 52.0 Å². The summed E-state index contributed by atoms with van der Waals surface area (Å²) >= 11 is 1.73. The van der Waals surface area contributed by atoms with Gasteiger partial charge in [-0.3, -0.25) is 0 Å². The van der Waals surface area contributed by atoms with E-state index in [0.29, 0.717) is 0 Å². The summed E-state index contributed by atoms with van der Waals surface area (Å²) in [5.41, 5.74) is 1.03. The molecule has 1 N–H and O–H groups in total. The Balaban J connectivity index is 1.92. The van der Waals surface area contributed by atoms with Gasteiger partial charge in [0.2, 0.25) is 5.95 Å². The Labute approximate surface area is 124 Å². The molecule has 0 fully saturated rings. The van der Waals surface area contributed by atoms with Crippen LogP contribution in [0.5, 0.6) is 0 Å². The fraction of sp³-hybridized carbons (Fsp3) is 0.571. The molecule has 0 aromatic carbocycles. The number of ether oxygens (including phenoxy) is 1. The van der Waals surface area contributed by atoms with Crippen LogP contribution in [-0.2, 0) is 11.3 Å². The molecule has 0 radical (unpaired) electrons. The second-order valence-electron chi connectivity index (χ2n) is 4.66. The molecule has 2 aromatic heterocycles. The number of nitrogens with zero attached hydrogens (tertiary/aromatic N) is 3. The highest BCUT2D eigenvalue weighted by Crippen LogP contribution is 2.16. The van der Waals surface area contributed by atoms with E-state index in [-0.39, 0.29) is 0 Å². The maximum atomic E-state index is 5.33. The van der Waals surface area contributed by atoms with Gasteiger partial charge >= 0.3 is 0 Å². The summed E-state index contributed by atoms with van der Waals surface area (Å²) in [4.78, 5) is 10.1. The average Bonchev–Trinajstić information content (AvgIpc) is 2.96. The van der Waals surface area contributed by atoms with Crippen LogP contribution in [0.4, 0.5) is 5.95 Å². The van der Waals surface area contributed by atoms with E-state index in [9.17, 15) is 0 Å². The minimum atomic E-state index is 0.776. The van der Waals surface area contributed by atoms with Gasteiger partial charge in [0.25, 0.3) is 0 Å². The molecule has 0 aliphatic carbocycles. The zero-order chi connectivity index (χ0) is 14.4. The number of rotatable bonds is 8. The molecule has 0 bridgehead atoms. The third-order valence-corrected chi connectivity index (χ3v) is 3.74. The van der Waals surface area contributed by atoms with Crippen LogP contribution in [0.15, 0.2) is 12.4 Å². The van der Waals surface area contributed by atoms with Crippen LogP contribution in [0.1, 0.15) is 28.9 Å². The number of nitrogens with one attached hydrogen (secondary N) is 1. The van der Waals surface area contributed by atoms with Gasteiger partial charge in [-0.2, -0.15) is 0 Å². The maximum Gasteiger partial charge on any atom is 0.203 e. The summed E-state index contributed by atoms with van der Waals surface area (Å²) in [5, 5.41) is 4.48. The van der Waals surface area contributed by atoms with Crippen LogP contribution in [0.3, 0.4) is 0 Å². The van der Waals surface area contributed by atoms with Crippen molar-refractivity contribution in [2.24, 2.45) is 0 Å². The first-order chi connectivity index (χ1) is 9.69. The summed E-state index contributed by atoms with van der Waals surface area (Å²) in [6, 6.07) is 0. The number of hydrogen-bond acceptors (Lipinski definition) is 5. The molecular weight excluding hydrogens is 272 g/mol. The van der Waals surface area contributed by atoms with Gasteiger partial charge in [-0.05, 0) is 27.2 Å². The molecule has 0 aliphatic rings. The third-order valence-electron chi connectivity index (χ3n) is 2.84. The van der Waals surface area contributed by atoms with Gasteiger partial charge in [-0.1, -0.05) is 0 Å². The van der Waals surface area contributed by atoms with Crippen molar-refractivity contribution in [2.45, 2.75) is 33.7 Å². The van der Waals surface area contributed by atoms with Gasteiger partial charge in [0.05, 0.1) is 17.2 Å². The number of aryl methyl sites for hydroxylation is 2. The SMILES string of the molecule is CCOCCCNc1nc(C)cn1Cc1cnc(C)s1. The molecule has 0 unspecified atom stereocenters. The fourth-order valence-corrected chi connectivity index (χ4v) is 2.77. The zero-order valence-electron chi connectivity index (χ0n) is 12.3. The van der Waals surface area contributed by atoms with Gasteiger partial charge < -0.3 is 14.6 Å². The summed E-state index contributed by atoms with van der Waals surface area (Å²) in [5.74, 6) is 0.921. The van der Waals surface area contributed by atoms with E-state index in [1.807, 2.05) is 27.0 Å². The van der Waals surface area contributed by atoms with Crippen LogP contribution in [0.2, 0.25) is 0 Å². The van der Waals surface area contributed by atoms with E-state index in [1.165, 1.54) is 4.88 Å². The van der Waals surface area contributed by atoms with Crippen molar-refractivity contribution in [2.75, 3.05) is 25.1 Å². The van der Waals surface area contributed by atoms with E-state index in [0.717, 1.165) is 49.4 Å².